The van der Waals surface area contributed by atoms with Crippen LogP contribution >= 0.6 is 0 Å². The molecule has 1 aliphatic heterocycles. The molecule has 0 saturated carbocycles. The van der Waals surface area contributed by atoms with Crippen LogP contribution in [0.5, 0.6) is 0 Å². The number of carbonyl (C=O) groups is 1. The van der Waals surface area contributed by atoms with Crippen molar-refractivity contribution in [2.24, 2.45) is 5.41 Å². The average molecular weight is 274 g/mol. The van der Waals surface area contributed by atoms with Gasteiger partial charge in [0.1, 0.15) is 0 Å². The molecule has 1 aromatic rings. The lowest BCUT2D eigenvalue weighted by atomic mass is 9.79. The van der Waals surface area contributed by atoms with Crippen molar-refractivity contribution in [1.29, 1.82) is 0 Å². The van der Waals surface area contributed by atoms with Gasteiger partial charge in [0.2, 0.25) is 5.91 Å². The fourth-order valence-electron chi connectivity index (χ4n) is 3.02. The minimum absolute atomic E-state index is 0.218. The minimum atomic E-state index is -0.499. The van der Waals surface area contributed by atoms with Crippen molar-refractivity contribution < 1.29 is 4.79 Å². The van der Waals surface area contributed by atoms with Crippen molar-refractivity contribution in [2.45, 2.75) is 46.0 Å². The Morgan fingerprint density at radius 1 is 1.25 bits per heavy atom. The SMILES string of the molecule is CC1(C)CCCN(C(=O)C(C)(C)c2ccc(N)cc2)C1. The molecule has 0 radical (unpaired) electrons. The molecule has 1 aliphatic rings. The summed E-state index contributed by atoms with van der Waals surface area (Å²) in [6, 6.07) is 7.65. The molecule has 0 atom stereocenters. The van der Waals surface area contributed by atoms with E-state index in [1.807, 2.05) is 43.0 Å². The largest absolute Gasteiger partial charge is 0.399 e. The van der Waals surface area contributed by atoms with Gasteiger partial charge in [-0.3, -0.25) is 4.79 Å². The minimum Gasteiger partial charge on any atom is -0.399 e. The van der Waals surface area contributed by atoms with Gasteiger partial charge < -0.3 is 10.6 Å². The molecule has 0 unspecified atom stereocenters. The van der Waals surface area contributed by atoms with Crippen molar-refractivity contribution in [2.75, 3.05) is 18.8 Å². The molecular weight excluding hydrogens is 248 g/mol. The lowest BCUT2D eigenvalue weighted by Gasteiger charge is -2.41. The van der Waals surface area contributed by atoms with E-state index in [1.165, 1.54) is 6.42 Å². The Morgan fingerprint density at radius 2 is 1.85 bits per heavy atom. The summed E-state index contributed by atoms with van der Waals surface area (Å²) in [6.45, 7) is 10.2. The van der Waals surface area contributed by atoms with E-state index in [-0.39, 0.29) is 11.3 Å². The second-order valence-corrected chi connectivity index (χ2v) is 7.24. The second kappa shape index (κ2) is 5.12. The Morgan fingerprint density at radius 3 is 2.40 bits per heavy atom. The summed E-state index contributed by atoms with van der Waals surface area (Å²) in [5, 5.41) is 0. The van der Waals surface area contributed by atoms with Gasteiger partial charge in [-0.05, 0) is 49.8 Å². The summed E-state index contributed by atoms with van der Waals surface area (Å²) in [6.07, 6.45) is 2.29. The van der Waals surface area contributed by atoms with Crippen molar-refractivity contribution in [1.82, 2.24) is 4.90 Å². The zero-order valence-corrected chi connectivity index (χ0v) is 13.1. The molecular formula is C17H26N2O. The number of piperidine rings is 1. The highest BCUT2D eigenvalue weighted by Crippen LogP contribution is 2.33. The van der Waals surface area contributed by atoms with Gasteiger partial charge in [0.05, 0.1) is 5.41 Å². The number of hydrogen-bond acceptors (Lipinski definition) is 2. The highest BCUT2D eigenvalue weighted by atomic mass is 16.2. The van der Waals surface area contributed by atoms with Crippen LogP contribution in [0.3, 0.4) is 0 Å². The van der Waals surface area contributed by atoms with Gasteiger partial charge in [0.15, 0.2) is 0 Å². The summed E-state index contributed by atoms with van der Waals surface area (Å²) in [5.41, 5.74) is 7.22. The van der Waals surface area contributed by atoms with Crippen LogP contribution in [0, 0.1) is 5.41 Å². The molecule has 2 N–H and O–H groups in total. The molecule has 20 heavy (non-hydrogen) atoms. The van der Waals surface area contributed by atoms with Crippen LogP contribution in [-0.2, 0) is 10.2 Å². The van der Waals surface area contributed by atoms with Gasteiger partial charge in [-0.15, -0.1) is 0 Å². The molecule has 2 rings (SSSR count). The zero-order chi connectivity index (χ0) is 15.0. The molecule has 1 amide bonds. The number of likely N-dealkylation sites (tertiary alicyclic amines) is 1. The predicted molar refractivity (Wildman–Crippen MR) is 83.5 cm³/mol. The van der Waals surface area contributed by atoms with E-state index in [1.54, 1.807) is 0 Å². The van der Waals surface area contributed by atoms with Crippen molar-refractivity contribution >= 4 is 11.6 Å². The highest BCUT2D eigenvalue weighted by molar-refractivity contribution is 5.87. The monoisotopic (exact) mass is 274 g/mol. The number of benzene rings is 1. The summed E-state index contributed by atoms with van der Waals surface area (Å²) in [4.78, 5) is 14.9. The topological polar surface area (TPSA) is 46.3 Å². The lowest BCUT2D eigenvalue weighted by molar-refractivity contribution is -0.139. The first-order valence-corrected chi connectivity index (χ1v) is 7.38. The molecule has 1 aromatic carbocycles. The van der Waals surface area contributed by atoms with Crippen LogP contribution in [0.4, 0.5) is 5.69 Å². The first-order valence-electron chi connectivity index (χ1n) is 7.38. The summed E-state index contributed by atoms with van der Waals surface area (Å²) in [5.74, 6) is 0.218. The second-order valence-electron chi connectivity index (χ2n) is 7.24. The quantitative estimate of drug-likeness (QED) is 0.842. The van der Waals surface area contributed by atoms with E-state index >= 15 is 0 Å². The van der Waals surface area contributed by atoms with Gasteiger partial charge in [0.25, 0.3) is 0 Å². The van der Waals surface area contributed by atoms with Gasteiger partial charge in [-0.25, -0.2) is 0 Å². The van der Waals surface area contributed by atoms with E-state index in [4.69, 9.17) is 5.73 Å². The smallest absolute Gasteiger partial charge is 0.232 e. The first kappa shape index (κ1) is 14.9. The van der Waals surface area contributed by atoms with Gasteiger partial charge in [0, 0.05) is 18.8 Å². The lowest BCUT2D eigenvalue weighted by Crippen LogP contribution is -2.50. The third-order valence-corrected chi connectivity index (χ3v) is 4.35. The van der Waals surface area contributed by atoms with Crippen LogP contribution < -0.4 is 5.73 Å². The van der Waals surface area contributed by atoms with Crippen LogP contribution in [0.2, 0.25) is 0 Å². The molecule has 3 nitrogen and oxygen atoms in total. The van der Waals surface area contributed by atoms with E-state index in [9.17, 15) is 4.79 Å². The van der Waals surface area contributed by atoms with Crippen molar-refractivity contribution in [3.05, 3.63) is 29.8 Å². The number of nitrogen functional groups attached to an aromatic ring is 1. The van der Waals surface area contributed by atoms with Crippen LogP contribution in [0.1, 0.15) is 46.1 Å². The van der Waals surface area contributed by atoms with E-state index in [0.717, 1.165) is 30.8 Å². The van der Waals surface area contributed by atoms with E-state index in [0.29, 0.717) is 0 Å². The molecule has 0 spiro atoms. The maximum absolute atomic E-state index is 12.9. The number of nitrogens with two attached hydrogens (primary N) is 1. The Hall–Kier alpha value is -1.51. The van der Waals surface area contributed by atoms with Crippen molar-refractivity contribution in [3.8, 4) is 0 Å². The Bertz CT molecular complexity index is 488. The van der Waals surface area contributed by atoms with Crippen LogP contribution in [0.15, 0.2) is 24.3 Å². The molecule has 1 saturated heterocycles. The maximum atomic E-state index is 12.9. The molecule has 110 valence electrons. The zero-order valence-electron chi connectivity index (χ0n) is 13.1. The fraction of sp³-hybridized carbons (Fsp3) is 0.588. The highest BCUT2D eigenvalue weighted by Gasteiger charge is 2.37. The average Bonchev–Trinajstić information content (AvgIpc) is 2.37. The summed E-state index contributed by atoms with van der Waals surface area (Å²) in [7, 11) is 0. The van der Waals surface area contributed by atoms with Crippen LogP contribution in [0.25, 0.3) is 0 Å². The molecule has 3 heteroatoms. The standard InChI is InChI=1S/C17H26N2O/c1-16(2)10-5-11-19(12-16)15(20)17(3,4)13-6-8-14(18)9-7-13/h6-9H,5,10-12,18H2,1-4H3. The van der Waals surface area contributed by atoms with Gasteiger partial charge in [-0.1, -0.05) is 26.0 Å². The number of carbonyl (C=O) groups excluding carboxylic acids is 1. The molecule has 0 aromatic heterocycles. The number of hydrogen-bond donors (Lipinski definition) is 1. The normalized spacial score (nSPS) is 18.9. The van der Waals surface area contributed by atoms with Crippen molar-refractivity contribution in [3.63, 3.8) is 0 Å². The third-order valence-electron chi connectivity index (χ3n) is 4.35. The first-order chi connectivity index (χ1) is 9.22. The molecule has 1 heterocycles. The summed E-state index contributed by atoms with van der Waals surface area (Å²) < 4.78 is 0. The predicted octanol–water partition coefficient (Wildman–Crippen LogP) is 3.20. The van der Waals surface area contributed by atoms with Gasteiger partial charge in [-0.2, -0.15) is 0 Å². The van der Waals surface area contributed by atoms with E-state index in [2.05, 4.69) is 13.8 Å². The fourth-order valence-corrected chi connectivity index (χ4v) is 3.02. The number of rotatable bonds is 2. The Kier molecular flexibility index (Phi) is 3.81. The Balaban J connectivity index is 2.20. The number of anilines is 1. The maximum Gasteiger partial charge on any atom is 0.232 e. The third kappa shape index (κ3) is 2.97. The summed E-state index contributed by atoms with van der Waals surface area (Å²) >= 11 is 0. The van der Waals surface area contributed by atoms with Crippen LogP contribution in [-0.4, -0.2) is 23.9 Å². The van der Waals surface area contributed by atoms with Gasteiger partial charge >= 0.3 is 0 Å². The number of nitrogens with zero attached hydrogens (tertiary/aromatic N) is 1. The number of amides is 1. The molecule has 1 fully saturated rings. The molecule has 0 bridgehead atoms. The molecule has 0 aliphatic carbocycles. The van der Waals surface area contributed by atoms with E-state index < -0.39 is 5.41 Å². The Labute approximate surface area is 122 Å².